The van der Waals surface area contributed by atoms with Gasteiger partial charge in [0.15, 0.2) is 0 Å². The molecule has 2 fully saturated rings. The summed E-state index contributed by atoms with van der Waals surface area (Å²) in [6, 6.07) is 0.646. The van der Waals surface area contributed by atoms with Gasteiger partial charge < -0.3 is 4.74 Å². The molecule has 0 saturated carbocycles. The minimum atomic E-state index is 0.453. The third-order valence-electron chi connectivity index (χ3n) is 3.37. The average molecular weight is 151 g/mol. The van der Waals surface area contributed by atoms with E-state index in [1.807, 2.05) is 0 Å². The van der Waals surface area contributed by atoms with Crippen LogP contribution >= 0.6 is 0 Å². The Balaban J connectivity index is 1.99. The van der Waals surface area contributed by atoms with E-state index in [1.165, 1.54) is 6.54 Å². The Kier molecular flexibility index (Phi) is 0.958. The first-order valence-electron chi connectivity index (χ1n) is 4.36. The summed E-state index contributed by atoms with van der Waals surface area (Å²) in [6.45, 7) is 5.43. The van der Waals surface area contributed by atoms with Crippen molar-refractivity contribution >= 4 is 0 Å². The molecule has 4 atom stereocenters. The first-order chi connectivity index (χ1) is 5.33. The summed E-state index contributed by atoms with van der Waals surface area (Å²) in [6.07, 6.45) is 4.66. The largest absolute Gasteiger partial charge is 0.379 e. The summed E-state index contributed by atoms with van der Waals surface area (Å²) in [5.74, 6) is 0.693. The number of rotatable bonds is 0. The van der Waals surface area contributed by atoms with Crippen LogP contribution in [0.25, 0.3) is 0 Å². The molecule has 11 heavy (non-hydrogen) atoms. The number of hydrogen-bond acceptors (Lipinski definition) is 2. The zero-order valence-electron chi connectivity index (χ0n) is 6.79. The normalized spacial score (nSPS) is 58.8. The molecule has 0 amide bonds. The quantitative estimate of drug-likeness (QED) is 0.372. The molecule has 0 aromatic carbocycles. The van der Waals surface area contributed by atoms with Gasteiger partial charge >= 0.3 is 0 Å². The van der Waals surface area contributed by atoms with Gasteiger partial charge in [0, 0.05) is 18.5 Å². The van der Waals surface area contributed by atoms with Crippen LogP contribution in [0.4, 0.5) is 0 Å². The monoisotopic (exact) mass is 151 g/mol. The van der Waals surface area contributed by atoms with Crippen LogP contribution in [0.5, 0.6) is 0 Å². The van der Waals surface area contributed by atoms with Gasteiger partial charge in [-0.3, -0.25) is 4.90 Å². The zero-order valence-corrected chi connectivity index (χ0v) is 6.79. The van der Waals surface area contributed by atoms with E-state index in [4.69, 9.17) is 4.74 Å². The molecule has 0 N–H and O–H groups in total. The number of hydrogen-bond donors (Lipinski definition) is 0. The van der Waals surface area contributed by atoms with E-state index in [1.54, 1.807) is 0 Å². The summed E-state index contributed by atoms with van der Waals surface area (Å²) in [4.78, 5) is 2.55. The Labute approximate surface area is 66.8 Å². The van der Waals surface area contributed by atoms with Gasteiger partial charge in [-0.15, -0.1) is 0 Å². The number of ether oxygens (including phenoxy) is 1. The standard InChI is InChI=1S/C9H13NO/c1-7-2-3-8-4-11-6-9(8)5-10(7)9/h2-3,7-8H,4-6H2,1H3/t7-,8-,9-,10?/m1/s1. The molecule has 3 aliphatic heterocycles. The zero-order chi connectivity index (χ0) is 7.47. The van der Waals surface area contributed by atoms with Crippen LogP contribution in [0.2, 0.25) is 0 Å². The summed E-state index contributed by atoms with van der Waals surface area (Å²) < 4.78 is 5.49. The molecule has 1 unspecified atom stereocenters. The van der Waals surface area contributed by atoms with Crippen LogP contribution in [0.15, 0.2) is 12.2 Å². The highest BCUT2D eigenvalue weighted by Crippen LogP contribution is 2.48. The molecule has 2 saturated heterocycles. The van der Waals surface area contributed by atoms with Crippen molar-refractivity contribution in [3.8, 4) is 0 Å². The van der Waals surface area contributed by atoms with Gasteiger partial charge in [0.05, 0.1) is 18.8 Å². The minimum Gasteiger partial charge on any atom is -0.379 e. The van der Waals surface area contributed by atoms with E-state index in [0.717, 1.165) is 13.2 Å². The summed E-state index contributed by atoms with van der Waals surface area (Å²) >= 11 is 0. The molecule has 0 radical (unpaired) electrons. The smallest absolute Gasteiger partial charge is 0.0670 e. The molecule has 60 valence electrons. The molecule has 0 bridgehead atoms. The SMILES string of the molecule is C[C@@H]1C=C[C@@H]2COC[C@]23CN13. The lowest BCUT2D eigenvalue weighted by atomic mass is 9.92. The van der Waals surface area contributed by atoms with E-state index in [9.17, 15) is 0 Å². The molecule has 3 rings (SSSR count). The van der Waals surface area contributed by atoms with Crippen molar-refractivity contribution < 1.29 is 4.74 Å². The van der Waals surface area contributed by atoms with Crippen LogP contribution in [-0.4, -0.2) is 36.2 Å². The lowest BCUT2D eigenvalue weighted by Crippen LogP contribution is -2.33. The minimum absolute atomic E-state index is 0.453. The fourth-order valence-electron chi connectivity index (χ4n) is 2.53. The van der Waals surface area contributed by atoms with Crippen molar-refractivity contribution in [1.29, 1.82) is 0 Å². The van der Waals surface area contributed by atoms with Gasteiger partial charge in [0.1, 0.15) is 0 Å². The van der Waals surface area contributed by atoms with E-state index in [-0.39, 0.29) is 0 Å². The fourth-order valence-corrected chi connectivity index (χ4v) is 2.53. The summed E-state index contributed by atoms with van der Waals surface area (Å²) in [5.41, 5.74) is 0.453. The Hall–Kier alpha value is -0.340. The Morgan fingerprint density at radius 2 is 2.45 bits per heavy atom. The maximum absolute atomic E-state index is 5.49. The molecular formula is C9H13NO. The molecule has 0 aromatic rings. The molecule has 2 heteroatoms. The van der Waals surface area contributed by atoms with Crippen molar-refractivity contribution in [3.63, 3.8) is 0 Å². The molecule has 3 heterocycles. The first kappa shape index (κ1) is 6.21. The van der Waals surface area contributed by atoms with Crippen molar-refractivity contribution in [1.82, 2.24) is 4.90 Å². The topological polar surface area (TPSA) is 12.2 Å². The predicted molar refractivity (Wildman–Crippen MR) is 42.3 cm³/mol. The van der Waals surface area contributed by atoms with Gasteiger partial charge in [-0.2, -0.15) is 0 Å². The van der Waals surface area contributed by atoms with Gasteiger partial charge in [0.2, 0.25) is 0 Å². The molecule has 0 aromatic heterocycles. The predicted octanol–water partition coefficient (Wildman–Crippen LogP) is 0.645. The second-order valence-electron chi connectivity index (χ2n) is 3.98. The van der Waals surface area contributed by atoms with Gasteiger partial charge in [-0.25, -0.2) is 0 Å². The molecule has 0 aliphatic carbocycles. The van der Waals surface area contributed by atoms with Crippen LogP contribution in [0, 0.1) is 5.92 Å². The van der Waals surface area contributed by atoms with Crippen molar-refractivity contribution in [2.24, 2.45) is 5.92 Å². The molecular weight excluding hydrogens is 138 g/mol. The molecule has 2 nitrogen and oxygen atoms in total. The lowest BCUT2D eigenvalue weighted by Gasteiger charge is -2.23. The van der Waals surface area contributed by atoms with Crippen molar-refractivity contribution in [3.05, 3.63) is 12.2 Å². The third-order valence-corrected chi connectivity index (χ3v) is 3.37. The third kappa shape index (κ3) is 0.603. The van der Waals surface area contributed by atoms with Crippen molar-refractivity contribution in [2.45, 2.75) is 18.5 Å². The van der Waals surface area contributed by atoms with Gasteiger partial charge in [-0.05, 0) is 6.92 Å². The van der Waals surface area contributed by atoms with Crippen LogP contribution in [0.3, 0.4) is 0 Å². The van der Waals surface area contributed by atoms with Crippen LogP contribution in [-0.2, 0) is 4.74 Å². The van der Waals surface area contributed by atoms with E-state index < -0.39 is 0 Å². The van der Waals surface area contributed by atoms with Crippen molar-refractivity contribution in [2.75, 3.05) is 19.8 Å². The van der Waals surface area contributed by atoms with Gasteiger partial charge in [-0.1, -0.05) is 12.2 Å². The Morgan fingerprint density at radius 1 is 1.55 bits per heavy atom. The van der Waals surface area contributed by atoms with E-state index >= 15 is 0 Å². The molecule has 3 aliphatic rings. The Bertz CT molecular complexity index is 226. The number of nitrogens with zero attached hydrogens (tertiary/aromatic N) is 1. The van der Waals surface area contributed by atoms with E-state index in [0.29, 0.717) is 17.5 Å². The molecule has 1 spiro atoms. The van der Waals surface area contributed by atoms with Crippen LogP contribution in [0.1, 0.15) is 6.92 Å². The maximum Gasteiger partial charge on any atom is 0.0670 e. The second kappa shape index (κ2) is 1.70. The Morgan fingerprint density at radius 3 is 3.36 bits per heavy atom. The first-order valence-corrected chi connectivity index (χ1v) is 4.36. The maximum atomic E-state index is 5.49. The lowest BCUT2D eigenvalue weighted by molar-refractivity contribution is 0.181. The highest BCUT2D eigenvalue weighted by Gasteiger charge is 2.62. The fraction of sp³-hybridized carbons (Fsp3) is 0.778. The summed E-state index contributed by atoms with van der Waals surface area (Å²) in [7, 11) is 0. The highest BCUT2D eigenvalue weighted by molar-refractivity contribution is 5.26. The highest BCUT2D eigenvalue weighted by atomic mass is 16.5. The van der Waals surface area contributed by atoms with E-state index in [2.05, 4.69) is 24.0 Å². The second-order valence-corrected chi connectivity index (χ2v) is 3.98. The average Bonchev–Trinajstić information content (AvgIpc) is 2.57. The van der Waals surface area contributed by atoms with Crippen LogP contribution < -0.4 is 0 Å². The van der Waals surface area contributed by atoms with Gasteiger partial charge in [0.25, 0.3) is 0 Å². The summed E-state index contributed by atoms with van der Waals surface area (Å²) in [5, 5.41) is 0.